The van der Waals surface area contributed by atoms with Gasteiger partial charge in [-0.05, 0) is 57.3 Å². The van der Waals surface area contributed by atoms with Crippen LogP contribution < -0.4 is 15.5 Å². The number of amides is 1. The van der Waals surface area contributed by atoms with Crippen LogP contribution in [-0.4, -0.2) is 37.1 Å². The van der Waals surface area contributed by atoms with E-state index in [1.807, 2.05) is 41.5 Å². The Kier molecular flexibility index (Phi) is 5.87. The van der Waals surface area contributed by atoms with Gasteiger partial charge in [-0.25, -0.2) is 0 Å². The van der Waals surface area contributed by atoms with Gasteiger partial charge in [-0.2, -0.15) is 0 Å². The summed E-state index contributed by atoms with van der Waals surface area (Å²) in [6, 6.07) is 3.69. The lowest BCUT2D eigenvalue weighted by molar-refractivity contribution is -0.274. The van der Waals surface area contributed by atoms with Gasteiger partial charge in [0.25, 0.3) is 5.91 Å². The first-order chi connectivity index (χ1) is 12.2. The Bertz CT molecular complexity index is 688. The molecule has 0 aliphatic carbocycles. The van der Waals surface area contributed by atoms with E-state index in [2.05, 4.69) is 10.1 Å². The molecule has 1 aromatic rings. The van der Waals surface area contributed by atoms with Crippen LogP contribution in [0.4, 0.5) is 13.2 Å². The van der Waals surface area contributed by atoms with E-state index in [4.69, 9.17) is 9.31 Å². The maximum atomic E-state index is 12.7. The molecule has 1 aromatic carbocycles. The molecule has 1 heterocycles. The fourth-order valence-electron chi connectivity index (χ4n) is 2.46. The largest absolute Gasteiger partial charge is 0.573 e. The second-order valence-corrected chi connectivity index (χ2v) is 8.03. The molecule has 0 unspecified atom stereocenters. The molecule has 1 fully saturated rings. The monoisotopic (exact) mass is 387 g/mol. The zero-order chi connectivity index (χ0) is 20.6. The Morgan fingerprint density at radius 3 is 2.19 bits per heavy atom. The van der Waals surface area contributed by atoms with E-state index in [1.54, 1.807) is 0 Å². The standard InChI is InChI=1S/C18H25BF3NO4/c1-11(2)10-23-15(24)12-7-13(9-14(8-12)25-18(20,21)22)19-26-16(3,4)17(5,6)27-19/h7-9,11H,10H2,1-6H3,(H,23,24). The fraction of sp³-hybridized carbons (Fsp3) is 0.611. The van der Waals surface area contributed by atoms with Crippen LogP contribution in [0.2, 0.25) is 0 Å². The molecule has 9 heteroatoms. The Morgan fingerprint density at radius 1 is 1.15 bits per heavy atom. The average molecular weight is 387 g/mol. The molecule has 0 radical (unpaired) electrons. The summed E-state index contributed by atoms with van der Waals surface area (Å²) in [5.74, 6) is -0.787. The predicted octanol–water partition coefficient (Wildman–Crippen LogP) is 3.27. The molecule has 1 saturated heterocycles. The Labute approximate surface area is 157 Å². The minimum absolute atomic E-state index is 0.0436. The molecule has 0 saturated carbocycles. The third-order valence-corrected chi connectivity index (χ3v) is 4.62. The number of benzene rings is 1. The van der Waals surface area contributed by atoms with Crippen molar-refractivity contribution in [3.8, 4) is 5.75 Å². The van der Waals surface area contributed by atoms with E-state index in [1.165, 1.54) is 12.1 Å². The van der Waals surface area contributed by atoms with Gasteiger partial charge in [0, 0.05) is 12.1 Å². The van der Waals surface area contributed by atoms with Gasteiger partial charge in [0.1, 0.15) is 5.75 Å². The molecule has 1 N–H and O–H groups in total. The van der Waals surface area contributed by atoms with Crippen LogP contribution in [0.15, 0.2) is 18.2 Å². The Morgan fingerprint density at radius 2 is 1.70 bits per heavy atom. The first-order valence-corrected chi connectivity index (χ1v) is 8.75. The number of ether oxygens (including phenoxy) is 1. The summed E-state index contributed by atoms with van der Waals surface area (Å²) in [5, 5.41) is 2.68. The van der Waals surface area contributed by atoms with Gasteiger partial charge in [-0.3, -0.25) is 4.79 Å². The molecule has 150 valence electrons. The number of carbonyl (C=O) groups excluding carboxylic acids is 1. The van der Waals surface area contributed by atoms with Crippen molar-refractivity contribution in [3.63, 3.8) is 0 Å². The normalized spacial score (nSPS) is 18.7. The molecule has 0 atom stereocenters. The maximum absolute atomic E-state index is 12.7. The smallest absolute Gasteiger partial charge is 0.406 e. The van der Waals surface area contributed by atoms with Gasteiger partial charge in [-0.1, -0.05) is 13.8 Å². The lowest BCUT2D eigenvalue weighted by Gasteiger charge is -2.32. The van der Waals surface area contributed by atoms with Crippen LogP contribution in [0, 0.1) is 5.92 Å². The summed E-state index contributed by atoms with van der Waals surface area (Å²) in [6.45, 7) is 11.6. The van der Waals surface area contributed by atoms with Crippen molar-refractivity contribution in [2.75, 3.05) is 6.54 Å². The molecule has 0 spiro atoms. The summed E-state index contributed by atoms with van der Waals surface area (Å²) in [6.07, 6.45) is -4.87. The first kappa shape index (κ1) is 21.6. The molecule has 5 nitrogen and oxygen atoms in total. The minimum atomic E-state index is -4.87. The zero-order valence-electron chi connectivity index (χ0n) is 16.4. The zero-order valence-corrected chi connectivity index (χ0v) is 16.4. The number of hydrogen-bond acceptors (Lipinski definition) is 4. The van der Waals surface area contributed by atoms with Crippen molar-refractivity contribution in [1.82, 2.24) is 5.32 Å². The van der Waals surface area contributed by atoms with Gasteiger partial charge in [-0.15, -0.1) is 13.2 Å². The topological polar surface area (TPSA) is 56.8 Å². The van der Waals surface area contributed by atoms with Gasteiger partial charge < -0.3 is 19.4 Å². The molecular weight excluding hydrogens is 362 g/mol. The number of hydrogen-bond donors (Lipinski definition) is 1. The molecule has 27 heavy (non-hydrogen) atoms. The van der Waals surface area contributed by atoms with Crippen molar-refractivity contribution in [3.05, 3.63) is 23.8 Å². The number of rotatable bonds is 5. The number of halogens is 3. The third-order valence-electron chi connectivity index (χ3n) is 4.62. The summed E-state index contributed by atoms with van der Waals surface area (Å²) < 4.78 is 53.9. The van der Waals surface area contributed by atoms with Crippen LogP contribution in [0.25, 0.3) is 0 Å². The summed E-state index contributed by atoms with van der Waals surface area (Å²) in [5.41, 5.74) is -1.01. The van der Waals surface area contributed by atoms with Gasteiger partial charge in [0.05, 0.1) is 11.2 Å². The van der Waals surface area contributed by atoms with Crippen LogP contribution in [0.1, 0.15) is 51.9 Å². The van der Waals surface area contributed by atoms with Crippen LogP contribution >= 0.6 is 0 Å². The summed E-state index contributed by atoms with van der Waals surface area (Å²) in [7, 11) is -0.913. The van der Waals surface area contributed by atoms with Crippen LogP contribution in [0.3, 0.4) is 0 Å². The SMILES string of the molecule is CC(C)CNC(=O)c1cc(OC(F)(F)F)cc(B2OC(C)(C)C(C)(C)O2)c1. The van der Waals surface area contributed by atoms with E-state index in [9.17, 15) is 18.0 Å². The van der Waals surface area contributed by atoms with Crippen molar-refractivity contribution in [2.45, 2.75) is 59.1 Å². The molecule has 2 rings (SSSR count). The highest BCUT2D eigenvalue weighted by Gasteiger charge is 2.52. The van der Waals surface area contributed by atoms with Gasteiger partial charge in [0.15, 0.2) is 0 Å². The number of carbonyl (C=O) groups is 1. The molecular formula is C18H25BF3NO4. The van der Waals surface area contributed by atoms with E-state index in [-0.39, 0.29) is 16.9 Å². The number of alkyl halides is 3. The summed E-state index contributed by atoms with van der Waals surface area (Å²) >= 11 is 0. The second-order valence-electron chi connectivity index (χ2n) is 8.03. The third kappa shape index (κ3) is 5.38. The summed E-state index contributed by atoms with van der Waals surface area (Å²) in [4.78, 5) is 12.4. The van der Waals surface area contributed by atoms with Gasteiger partial charge >= 0.3 is 13.5 Å². The molecule has 1 aliphatic rings. The minimum Gasteiger partial charge on any atom is -0.406 e. The Balaban J connectivity index is 2.37. The predicted molar refractivity (Wildman–Crippen MR) is 96.0 cm³/mol. The molecule has 1 aliphatic heterocycles. The second kappa shape index (κ2) is 7.35. The lowest BCUT2D eigenvalue weighted by atomic mass is 9.78. The molecule has 0 aromatic heterocycles. The van der Waals surface area contributed by atoms with E-state index in [0.717, 1.165) is 6.07 Å². The molecule has 1 amide bonds. The maximum Gasteiger partial charge on any atom is 0.573 e. The van der Waals surface area contributed by atoms with E-state index >= 15 is 0 Å². The van der Waals surface area contributed by atoms with E-state index in [0.29, 0.717) is 6.54 Å². The van der Waals surface area contributed by atoms with Crippen LogP contribution in [-0.2, 0) is 9.31 Å². The highest BCUT2D eigenvalue weighted by molar-refractivity contribution is 6.62. The fourth-order valence-corrected chi connectivity index (χ4v) is 2.46. The quantitative estimate of drug-likeness (QED) is 0.789. The highest BCUT2D eigenvalue weighted by Crippen LogP contribution is 2.37. The molecule has 0 bridgehead atoms. The van der Waals surface area contributed by atoms with Crippen molar-refractivity contribution < 1.29 is 32.0 Å². The number of nitrogens with one attached hydrogen (secondary N) is 1. The van der Waals surface area contributed by atoms with Crippen LogP contribution in [0.5, 0.6) is 5.75 Å². The average Bonchev–Trinajstić information content (AvgIpc) is 2.71. The van der Waals surface area contributed by atoms with Gasteiger partial charge in [0.2, 0.25) is 0 Å². The van der Waals surface area contributed by atoms with Crippen molar-refractivity contribution in [1.29, 1.82) is 0 Å². The first-order valence-electron chi connectivity index (χ1n) is 8.75. The lowest BCUT2D eigenvalue weighted by Crippen LogP contribution is -2.41. The van der Waals surface area contributed by atoms with Crippen molar-refractivity contribution >= 4 is 18.5 Å². The van der Waals surface area contributed by atoms with E-state index < -0.39 is 36.3 Å². The highest BCUT2D eigenvalue weighted by atomic mass is 19.4. The Hall–Kier alpha value is -1.74. The van der Waals surface area contributed by atoms with Crippen molar-refractivity contribution in [2.24, 2.45) is 5.92 Å².